The lowest BCUT2D eigenvalue weighted by molar-refractivity contribution is -0.118. The van der Waals surface area contributed by atoms with E-state index in [1.54, 1.807) is 24.5 Å². The highest BCUT2D eigenvalue weighted by Crippen LogP contribution is 2.16. The second-order valence-electron chi connectivity index (χ2n) is 4.27. The Morgan fingerprint density at radius 3 is 2.71 bits per heavy atom. The number of carbonyl (C=O) groups excluding carboxylic acids is 1. The van der Waals surface area contributed by atoms with Gasteiger partial charge in [0.2, 0.25) is 5.91 Å². The fourth-order valence-electron chi connectivity index (χ4n) is 1.69. The number of hydrogen-bond acceptors (Lipinski definition) is 4. The van der Waals surface area contributed by atoms with Gasteiger partial charge in [0.05, 0.1) is 11.9 Å². The standard InChI is InChI=1S/C13H14F2N4O2/c14-13(15)21-11-3-1-9(2-4-11)5-17-10-6-18-19(7-10)8-12(16)20/h1-4,6-7,13,17H,5,8H2,(H2,16,20). The zero-order valence-corrected chi connectivity index (χ0v) is 11.0. The Balaban J connectivity index is 1.87. The molecule has 0 aliphatic heterocycles. The number of rotatable bonds is 7. The van der Waals surface area contributed by atoms with Crippen molar-refractivity contribution in [1.29, 1.82) is 0 Å². The van der Waals surface area contributed by atoms with E-state index in [1.807, 2.05) is 0 Å². The first-order chi connectivity index (χ1) is 10.0. The molecule has 21 heavy (non-hydrogen) atoms. The Hall–Kier alpha value is -2.64. The van der Waals surface area contributed by atoms with Crippen LogP contribution < -0.4 is 15.8 Å². The highest BCUT2D eigenvalue weighted by atomic mass is 19.3. The first-order valence-electron chi connectivity index (χ1n) is 6.11. The lowest BCUT2D eigenvalue weighted by atomic mass is 10.2. The zero-order chi connectivity index (χ0) is 15.2. The van der Waals surface area contributed by atoms with Gasteiger partial charge in [-0.1, -0.05) is 12.1 Å². The second-order valence-corrected chi connectivity index (χ2v) is 4.27. The van der Waals surface area contributed by atoms with Crippen molar-refractivity contribution >= 4 is 11.6 Å². The molecule has 1 aromatic heterocycles. The van der Waals surface area contributed by atoms with Crippen LogP contribution in [0.25, 0.3) is 0 Å². The number of anilines is 1. The van der Waals surface area contributed by atoms with Crippen LogP contribution in [0.3, 0.4) is 0 Å². The Kier molecular flexibility index (Phi) is 4.70. The first-order valence-corrected chi connectivity index (χ1v) is 6.11. The molecule has 0 saturated carbocycles. The van der Waals surface area contributed by atoms with Gasteiger partial charge in [0, 0.05) is 12.7 Å². The Morgan fingerprint density at radius 2 is 2.10 bits per heavy atom. The number of hydrogen-bond donors (Lipinski definition) is 2. The van der Waals surface area contributed by atoms with Crippen LogP contribution in [0.4, 0.5) is 14.5 Å². The Morgan fingerprint density at radius 1 is 1.38 bits per heavy atom. The molecule has 0 saturated heterocycles. The van der Waals surface area contributed by atoms with Gasteiger partial charge in [0.1, 0.15) is 12.3 Å². The molecular weight excluding hydrogens is 282 g/mol. The third kappa shape index (κ3) is 4.75. The van der Waals surface area contributed by atoms with E-state index in [4.69, 9.17) is 5.73 Å². The molecule has 3 N–H and O–H groups in total. The average Bonchev–Trinajstić information content (AvgIpc) is 2.84. The largest absolute Gasteiger partial charge is 0.435 e. The molecule has 2 aromatic rings. The van der Waals surface area contributed by atoms with Crippen molar-refractivity contribution in [2.75, 3.05) is 5.32 Å². The van der Waals surface area contributed by atoms with Crippen LogP contribution in [-0.2, 0) is 17.9 Å². The summed E-state index contributed by atoms with van der Waals surface area (Å²) in [5.41, 5.74) is 6.68. The number of carbonyl (C=O) groups is 1. The van der Waals surface area contributed by atoms with Gasteiger partial charge in [0.15, 0.2) is 0 Å². The van der Waals surface area contributed by atoms with E-state index in [1.165, 1.54) is 16.8 Å². The van der Waals surface area contributed by atoms with E-state index < -0.39 is 12.5 Å². The van der Waals surface area contributed by atoms with E-state index in [0.29, 0.717) is 6.54 Å². The zero-order valence-electron chi connectivity index (χ0n) is 11.0. The van der Waals surface area contributed by atoms with E-state index in [9.17, 15) is 13.6 Å². The number of amides is 1. The lowest BCUT2D eigenvalue weighted by Gasteiger charge is -2.06. The number of nitrogens with two attached hydrogens (primary N) is 1. The number of nitrogens with one attached hydrogen (secondary N) is 1. The van der Waals surface area contributed by atoms with Crippen LogP contribution in [0.2, 0.25) is 0 Å². The van der Waals surface area contributed by atoms with Crippen LogP contribution in [0, 0.1) is 0 Å². The van der Waals surface area contributed by atoms with Crippen molar-refractivity contribution in [2.24, 2.45) is 5.73 Å². The van der Waals surface area contributed by atoms with Crippen LogP contribution in [-0.4, -0.2) is 22.3 Å². The lowest BCUT2D eigenvalue weighted by Crippen LogP contribution is -2.18. The van der Waals surface area contributed by atoms with Crippen LogP contribution >= 0.6 is 0 Å². The van der Waals surface area contributed by atoms with Crippen LogP contribution in [0.15, 0.2) is 36.7 Å². The van der Waals surface area contributed by atoms with E-state index in [0.717, 1.165) is 11.3 Å². The minimum absolute atomic E-state index is 0.0152. The molecule has 0 bridgehead atoms. The summed E-state index contributed by atoms with van der Waals surface area (Å²) in [6, 6.07) is 6.30. The summed E-state index contributed by atoms with van der Waals surface area (Å²) in [4.78, 5) is 10.7. The number of halogens is 2. The van der Waals surface area contributed by atoms with Gasteiger partial charge < -0.3 is 15.8 Å². The molecule has 0 unspecified atom stereocenters. The van der Waals surface area contributed by atoms with Gasteiger partial charge in [0.25, 0.3) is 0 Å². The Bertz CT molecular complexity index is 598. The predicted molar refractivity (Wildman–Crippen MR) is 71.8 cm³/mol. The summed E-state index contributed by atoms with van der Waals surface area (Å²) in [6.07, 6.45) is 3.22. The summed E-state index contributed by atoms with van der Waals surface area (Å²) in [5, 5.41) is 7.06. The normalized spacial score (nSPS) is 10.6. The highest BCUT2D eigenvalue weighted by molar-refractivity contribution is 5.73. The molecule has 1 amide bonds. The quantitative estimate of drug-likeness (QED) is 0.812. The molecule has 2 rings (SSSR count). The fourth-order valence-corrected chi connectivity index (χ4v) is 1.69. The molecule has 0 atom stereocenters. The fraction of sp³-hybridized carbons (Fsp3) is 0.231. The summed E-state index contributed by atoms with van der Waals surface area (Å²) >= 11 is 0. The first kappa shape index (κ1) is 14.8. The number of alkyl halides is 2. The van der Waals surface area contributed by atoms with Crippen LogP contribution in [0.1, 0.15) is 5.56 Å². The molecule has 1 heterocycles. The minimum Gasteiger partial charge on any atom is -0.435 e. The molecule has 0 aliphatic rings. The van der Waals surface area contributed by atoms with Crippen molar-refractivity contribution in [2.45, 2.75) is 19.7 Å². The Labute approximate surface area is 119 Å². The van der Waals surface area contributed by atoms with Gasteiger partial charge in [-0.05, 0) is 17.7 Å². The van der Waals surface area contributed by atoms with Gasteiger partial charge in [-0.25, -0.2) is 0 Å². The van der Waals surface area contributed by atoms with Gasteiger partial charge in [-0.2, -0.15) is 13.9 Å². The van der Waals surface area contributed by atoms with Crippen molar-refractivity contribution in [3.8, 4) is 5.75 Å². The second kappa shape index (κ2) is 6.69. The maximum absolute atomic E-state index is 12.0. The van der Waals surface area contributed by atoms with Crippen molar-refractivity contribution < 1.29 is 18.3 Å². The third-order valence-corrected chi connectivity index (χ3v) is 2.60. The summed E-state index contributed by atoms with van der Waals surface area (Å²) in [6.45, 7) is -2.33. The van der Waals surface area contributed by atoms with Gasteiger partial charge in [-0.3, -0.25) is 9.48 Å². The topological polar surface area (TPSA) is 82.2 Å². The van der Waals surface area contributed by atoms with Crippen molar-refractivity contribution in [3.63, 3.8) is 0 Å². The predicted octanol–water partition coefficient (Wildman–Crippen LogP) is 1.58. The smallest absolute Gasteiger partial charge is 0.387 e. The number of aromatic nitrogens is 2. The molecular formula is C13H14F2N4O2. The number of ether oxygens (including phenoxy) is 1. The van der Waals surface area contributed by atoms with Crippen molar-refractivity contribution in [1.82, 2.24) is 9.78 Å². The van der Waals surface area contributed by atoms with E-state index >= 15 is 0 Å². The molecule has 0 fully saturated rings. The molecule has 6 nitrogen and oxygen atoms in total. The minimum atomic E-state index is -2.83. The monoisotopic (exact) mass is 296 g/mol. The van der Waals surface area contributed by atoms with E-state index in [-0.39, 0.29) is 12.3 Å². The van der Waals surface area contributed by atoms with Crippen molar-refractivity contribution in [3.05, 3.63) is 42.2 Å². The average molecular weight is 296 g/mol. The summed E-state index contributed by atoms with van der Waals surface area (Å²) in [7, 11) is 0. The third-order valence-electron chi connectivity index (χ3n) is 2.60. The van der Waals surface area contributed by atoms with Gasteiger partial charge in [-0.15, -0.1) is 0 Å². The van der Waals surface area contributed by atoms with Gasteiger partial charge >= 0.3 is 6.61 Å². The summed E-state index contributed by atoms with van der Waals surface area (Å²) < 4.78 is 29.7. The number of primary amides is 1. The SMILES string of the molecule is NC(=O)Cn1cc(NCc2ccc(OC(F)F)cc2)cn1. The molecule has 1 aromatic carbocycles. The molecule has 0 radical (unpaired) electrons. The maximum Gasteiger partial charge on any atom is 0.387 e. The maximum atomic E-state index is 12.0. The molecule has 0 aliphatic carbocycles. The van der Waals surface area contributed by atoms with Crippen LogP contribution in [0.5, 0.6) is 5.75 Å². The molecule has 8 heteroatoms. The summed E-state index contributed by atoms with van der Waals surface area (Å²) in [5.74, 6) is -0.359. The number of nitrogens with zero attached hydrogens (tertiary/aromatic N) is 2. The molecule has 0 spiro atoms. The molecule has 112 valence electrons. The highest BCUT2D eigenvalue weighted by Gasteiger charge is 2.04. The number of benzene rings is 1. The van der Waals surface area contributed by atoms with E-state index in [2.05, 4.69) is 15.2 Å².